The van der Waals surface area contributed by atoms with E-state index in [9.17, 15) is 13.2 Å². The van der Waals surface area contributed by atoms with Crippen LogP contribution in [0.3, 0.4) is 0 Å². The SMILES string of the molecule is COc1ccc2c(c1)[C@@H](NC(=O)CCc1cc(S(=O)(=O)N3CCCC3)ccc1OC)CC(C)(C)O2. The molecular weight excluding hydrogens is 468 g/mol. The van der Waals surface area contributed by atoms with Gasteiger partial charge in [-0.25, -0.2) is 8.42 Å². The molecule has 0 saturated carbocycles. The third-order valence-corrected chi connectivity index (χ3v) is 8.48. The number of ether oxygens (including phenoxy) is 3. The van der Waals surface area contributed by atoms with Crippen LogP contribution in [0.25, 0.3) is 0 Å². The zero-order valence-electron chi connectivity index (χ0n) is 20.8. The van der Waals surface area contributed by atoms with Crippen molar-refractivity contribution in [3.8, 4) is 17.2 Å². The van der Waals surface area contributed by atoms with Gasteiger partial charge in [0.25, 0.3) is 0 Å². The molecule has 1 fully saturated rings. The minimum absolute atomic E-state index is 0.128. The Labute approximate surface area is 207 Å². The van der Waals surface area contributed by atoms with Crippen molar-refractivity contribution in [1.29, 1.82) is 0 Å². The molecule has 1 saturated heterocycles. The van der Waals surface area contributed by atoms with Gasteiger partial charge in [-0.3, -0.25) is 4.79 Å². The topological polar surface area (TPSA) is 94.2 Å². The number of amides is 1. The lowest BCUT2D eigenvalue weighted by atomic mass is 9.89. The number of methoxy groups -OCH3 is 2. The molecule has 0 aromatic heterocycles. The molecule has 2 aromatic carbocycles. The summed E-state index contributed by atoms with van der Waals surface area (Å²) in [5.41, 5.74) is 1.15. The standard InChI is InChI=1S/C26H34N2O6S/c1-26(2)17-22(21-16-19(32-3)8-10-24(21)34-26)27-25(29)12-7-18-15-20(9-11-23(18)33-4)35(30,31)28-13-5-6-14-28/h8-11,15-16,22H,5-7,12-14,17H2,1-4H3,(H,27,29)/t22-/m0/s1. The van der Waals surface area contributed by atoms with Gasteiger partial charge >= 0.3 is 0 Å². The van der Waals surface area contributed by atoms with E-state index in [1.54, 1.807) is 32.4 Å². The molecule has 2 aromatic rings. The molecule has 0 spiro atoms. The average Bonchev–Trinajstić information content (AvgIpc) is 3.38. The van der Waals surface area contributed by atoms with Crippen molar-refractivity contribution in [3.63, 3.8) is 0 Å². The number of aryl methyl sites for hydroxylation is 1. The first-order valence-electron chi connectivity index (χ1n) is 12.0. The van der Waals surface area contributed by atoms with Gasteiger partial charge in [0.15, 0.2) is 0 Å². The van der Waals surface area contributed by atoms with Gasteiger partial charge in [-0.15, -0.1) is 0 Å². The van der Waals surface area contributed by atoms with Crippen LogP contribution in [0.15, 0.2) is 41.3 Å². The van der Waals surface area contributed by atoms with Gasteiger partial charge in [-0.2, -0.15) is 4.31 Å². The van der Waals surface area contributed by atoms with Crippen LogP contribution < -0.4 is 19.5 Å². The monoisotopic (exact) mass is 502 g/mol. The minimum Gasteiger partial charge on any atom is -0.497 e. The highest BCUT2D eigenvalue weighted by molar-refractivity contribution is 7.89. The first-order chi connectivity index (χ1) is 16.6. The molecule has 35 heavy (non-hydrogen) atoms. The van der Waals surface area contributed by atoms with Crippen molar-refractivity contribution >= 4 is 15.9 Å². The first kappa shape index (κ1) is 25.3. The van der Waals surface area contributed by atoms with Crippen molar-refractivity contribution in [2.45, 2.75) is 62.5 Å². The Morgan fingerprint density at radius 1 is 1.11 bits per heavy atom. The number of carbonyl (C=O) groups excluding carboxylic acids is 1. The molecule has 9 heteroatoms. The van der Waals surface area contributed by atoms with Crippen molar-refractivity contribution in [2.75, 3.05) is 27.3 Å². The molecular formula is C26H34N2O6S. The van der Waals surface area contributed by atoms with Crippen LogP contribution in [-0.4, -0.2) is 51.5 Å². The second kappa shape index (κ2) is 10.1. The molecule has 2 heterocycles. The summed E-state index contributed by atoms with van der Waals surface area (Å²) in [7, 11) is -0.400. The maximum absolute atomic E-state index is 13.0. The number of nitrogens with zero attached hydrogens (tertiary/aromatic N) is 1. The zero-order valence-corrected chi connectivity index (χ0v) is 21.6. The van der Waals surface area contributed by atoms with Crippen LogP contribution in [-0.2, 0) is 21.2 Å². The van der Waals surface area contributed by atoms with Crippen LogP contribution in [0.4, 0.5) is 0 Å². The smallest absolute Gasteiger partial charge is 0.243 e. The summed E-state index contributed by atoms with van der Waals surface area (Å²) < 4.78 is 44.4. The minimum atomic E-state index is -3.55. The number of sulfonamides is 1. The summed E-state index contributed by atoms with van der Waals surface area (Å²) in [5.74, 6) is 1.87. The molecule has 0 radical (unpaired) electrons. The Morgan fingerprint density at radius 2 is 1.86 bits per heavy atom. The van der Waals surface area contributed by atoms with Crippen molar-refractivity contribution in [2.24, 2.45) is 0 Å². The molecule has 0 bridgehead atoms. The molecule has 1 atom stereocenters. The van der Waals surface area contributed by atoms with E-state index in [1.807, 2.05) is 32.0 Å². The van der Waals surface area contributed by atoms with E-state index in [0.717, 1.165) is 24.2 Å². The molecule has 8 nitrogen and oxygen atoms in total. The van der Waals surface area contributed by atoms with Gasteiger partial charge < -0.3 is 19.5 Å². The lowest BCUT2D eigenvalue weighted by molar-refractivity contribution is -0.122. The predicted octanol–water partition coefficient (Wildman–Crippen LogP) is 3.84. The van der Waals surface area contributed by atoms with Gasteiger partial charge in [0, 0.05) is 31.5 Å². The van der Waals surface area contributed by atoms with Crippen LogP contribution in [0.1, 0.15) is 56.7 Å². The quantitative estimate of drug-likeness (QED) is 0.590. The van der Waals surface area contributed by atoms with Gasteiger partial charge in [-0.1, -0.05) is 0 Å². The number of rotatable bonds is 8. The maximum atomic E-state index is 13.0. The molecule has 2 aliphatic rings. The van der Waals surface area contributed by atoms with Crippen molar-refractivity contribution in [3.05, 3.63) is 47.5 Å². The number of carbonyl (C=O) groups is 1. The summed E-state index contributed by atoms with van der Waals surface area (Å²) in [6.45, 7) is 5.08. The highest BCUT2D eigenvalue weighted by Gasteiger charge is 2.35. The number of fused-ring (bicyclic) bond motifs is 1. The van der Waals surface area contributed by atoms with E-state index in [2.05, 4.69) is 5.32 Å². The average molecular weight is 503 g/mol. The molecule has 2 aliphatic heterocycles. The zero-order chi connectivity index (χ0) is 25.2. The molecule has 1 amide bonds. The van der Waals surface area contributed by atoms with E-state index < -0.39 is 15.6 Å². The third-order valence-electron chi connectivity index (χ3n) is 6.59. The predicted molar refractivity (Wildman–Crippen MR) is 133 cm³/mol. The Balaban J connectivity index is 1.49. The Hall–Kier alpha value is -2.78. The summed E-state index contributed by atoms with van der Waals surface area (Å²) in [6, 6.07) is 10.3. The molecule has 4 rings (SSSR count). The van der Waals surface area contributed by atoms with Crippen LogP contribution >= 0.6 is 0 Å². The van der Waals surface area contributed by atoms with E-state index in [1.165, 1.54) is 4.31 Å². The molecule has 0 aliphatic carbocycles. The first-order valence-corrected chi connectivity index (χ1v) is 13.4. The second-order valence-corrected chi connectivity index (χ2v) is 11.6. The number of benzene rings is 2. The summed E-state index contributed by atoms with van der Waals surface area (Å²) in [6.07, 6.45) is 2.92. The molecule has 190 valence electrons. The summed E-state index contributed by atoms with van der Waals surface area (Å²) in [5, 5.41) is 3.14. The lowest BCUT2D eigenvalue weighted by Gasteiger charge is -2.38. The van der Waals surface area contributed by atoms with E-state index >= 15 is 0 Å². The number of hydrogen-bond acceptors (Lipinski definition) is 6. The fraction of sp³-hybridized carbons (Fsp3) is 0.500. The Morgan fingerprint density at radius 3 is 2.54 bits per heavy atom. The summed E-state index contributed by atoms with van der Waals surface area (Å²) in [4.78, 5) is 13.2. The Bertz CT molecular complexity index is 1190. The highest BCUT2D eigenvalue weighted by atomic mass is 32.2. The van der Waals surface area contributed by atoms with Gasteiger partial charge in [0.2, 0.25) is 15.9 Å². The number of nitrogens with one attached hydrogen (secondary N) is 1. The second-order valence-electron chi connectivity index (χ2n) is 9.67. The van der Waals surface area contributed by atoms with E-state index in [4.69, 9.17) is 14.2 Å². The normalized spacial score (nSPS) is 19.5. The van der Waals surface area contributed by atoms with Crippen molar-refractivity contribution < 1.29 is 27.4 Å². The largest absolute Gasteiger partial charge is 0.497 e. The number of hydrogen-bond donors (Lipinski definition) is 1. The van der Waals surface area contributed by atoms with Gasteiger partial charge in [0.05, 0.1) is 25.2 Å². The van der Waals surface area contributed by atoms with E-state index in [-0.39, 0.29) is 23.3 Å². The fourth-order valence-electron chi connectivity index (χ4n) is 4.79. The highest BCUT2D eigenvalue weighted by Crippen LogP contribution is 2.41. The Kier molecular flexibility index (Phi) is 7.28. The maximum Gasteiger partial charge on any atom is 0.243 e. The molecule has 1 N–H and O–H groups in total. The van der Waals surface area contributed by atoms with Crippen LogP contribution in [0.5, 0.6) is 17.2 Å². The molecule has 0 unspecified atom stereocenters. The van der Waals surface area contributed by atoms with Crippen molar-refractivity contribution in [1.82, 2.24) is 9.62 Å². The summed E-state index contributed by atoms with van der Waals surface area (Å²) >= 11 is 0. The lowest BCUT2D eigenvalue weighted by Crippen LogP contribution is -2.41. The third kappa shape index (κ3) is 5.56. The van der Waals surface area contributed by atoms with Crippen LogP contribution in [0.2, 0.25) is 0 Å². The van der Waals surface area contributed by atoms with E-state index in [0.29, 0.717) is 43.0 Å². The van der Waals surface area contributed by atoms with Crippen LogP contribution in [0, 0.1) is 0 Å². The fourth-order valence-corrected chi connectivity index (χ4v) is 6.36. The van der Waals surface area contributed by atoms with Gasteiger partial charge in [0.1, 0.15) is 22.8 Å². The van der Waals surface area contributed by atoms with Gasteiger partial charge in [-0.05, 0) is 75.1 Å².